The van der Waals surface area contributed by atoms with Gasteiger partial charge in [-0.15, -0.1) is 0 Å². The van der Waals surface area contributed by atoms with E-state index < -0.39 is 11.7 Å². The summed E-state index contributed by atoms with van der Waals surface area (Å²) in [5.74, 6) is -0.222. The maximum Gasteiger partial charge on any atom is 0.408 e. The van der Waals surface area contributed by atoms with Crippen molar-refractivity contribution in [2.75, 3.05) is 0 Å². The van der Waals surface area contributed by atoms with Crippen molar-refractivity contribution in [2.45, 2.75) is 77.2 Å². The van der Waals surface area contributed by atoms with Crippen LogP contribution in [0.4, 0.5) is 4.79 Å². The summed E-state index contributed by atoms with van der Waals surface area (Å²) < 4.78 is 5.25. The average molecular weight is 397 g/mol. The molecule has 0 spiro atoms. The molecule has 2 amide bonds. The van der Waals surface area contributed by atoms with Gasteiger partial charge in [0.2, 0.25) is 0 Å². The molecular formula is C20H29ClN2O4. The molecule has 1 aromatic rings. The first-order valence-corrected chi connectivity index (χ1v) is 9.71. The van der Waals surface area contributed by atoms with Gasteiger partial charge in [-0.25, -0.2) is 4.79 Å². The summed E-state index contributed by atoms with van der Waals surface area (Å²) in [6.45, 7) is 7.22. The molecule has 0 unspecified atom stereocenters. The highest BCUT2D eigenvalue weighted by atomic mass is 35.5. The van der Waals surface area contributed by atoms with E-state index in [4.69, 9.17) is 16.3 Å². The first kappa shape index (κ1) is 21.5. The highest BCUT2D eigenvalue weighted by molar-refractivity contribution is 6.33. The number of ether oxygens (including phenoxy) is 1. The Hall–Kier alpha value is -1.79. The van der Waals surface area contributed by atoms with E-state index in [-0.39, 0.29) is 24.1 Å². The van der Waals surface area contributed by atoms with Gasteiger partial charge in [-0.1, -0.05) is 17.7 Å². The minimum absolute atomic E-state index is 0.0596. The van der Waals surface area contributed by atoms with Gasteiger partial charge in [0.05, 0.1) is 22.7 Å². The molecule has 1 atom stereocenters. The van der Waals surface area contributed by atoms with Crippen LogP contribution in [0.15, 0.2) is 18.2 Å². The van der Waals surface area contributed by atoms with Gasteiger partial charge in [-0.3, -0.25) is 4.79 Å². The Morgan fingerprint density at radius 3 is 2.41 bits per heavy atom. The minimum atomic E-state index is -0.571. The molecule has 1 aliphatic carbocycles. The lowest BCUT2D eigenvalue weighted by atomic mass is 9.93. The molecule has 6 nitrogen and oxygen atoms in total. The summed E-state index contributed by atoms with van der Waals surface area (Å²) in [5.41, 5.74) is 0.609. The van der Waals surface area contributed by atoms with Crippen LogP contribution in [0, 0.1) is 0 Å². The van der Waals surface area contributed by atoms with E-state index in [1.54, 1.807) is 39.0 Å². The van der Waals surface area contributed by atoms with Gasteiger partial charge < -0.3 is 20.5 Å². The summed E-state index contributed by atoms with van der Waals surface area (Å²) >= 11 is 6.31. The third-order valence-corrected chi connectivity index (χ3v) is 4.82. The summed E-state index contributed by atoms with van der Waals surface area (Å²) in [5, 5.41) is 15.6. The molecule has 0 heterocycles. The molecule has 27 heavy (non-hydrogen) atoms. The van der Waals surface area contributed by atoms with E-state index in [1.165, 1.54) is 0 Å². The molecule has 7 heteroatoms. The lowest BCUT2D eigenvalue weighted by molar-refractivity contribution is 0.0507. The molecule has 0 saturated heterocycles. The predicted octanol–water partition coefficient (Wildman–Crippen LogP) is 3.96. The molecule has 1 saturated carbocycles. The molecule has 0 aliphatic heterocycles. The van der Waals surface area contributed by atoms with Gasteiger partial charge in [-0.05, 0) is 71.1 Å². The second-order valence-electron chi connectivity index (χ2n) is 8.09. The molecule has 0 radical (unpaired) electrons. The van der Waals surface area contributed by atoms with Gasteiger partial charge in [0.15, 0.2) is 0 Å². The number of hydrogen-bond donors (Lipinski definition) is 3. The molecular weight excluding hydrogens is 368 g/mol. The van der Waals surface area contributed by atoms with E-state index >= 15 is 0 Å². The fourth-order valence-corrected chi connectivity index (χ4v) is 3.31. The van der Waals surface area contributed by atoms with Gasteiger partial charge in [-0.2, -0.15) is 0 Å². The smallest absolute Gasteiger partial charge is 0.408 e. The number of carbonyl (C=O) groups excluding carboxylic acids is 2. The Labute approximate surface area is 165 Å². The lowest BCUT2D eigenvalue weighted by Crippen LogP contribution is -2.38. The van der Waals surface area contributed by atoms with Gasteiger partial charge in [0.1, 0.15) is 5.60 Å². The van der Waals surface area contributed by atoms with Crippen molar-refractivity contribution in [1.29, 1.82) is 0 Å². The van der Waals surface area contributed by atoms with Crippen molar-refractivity contribution in [1.82, 2.24) is 10.6 Å². The number of rotatable bonds is 4. The number of amides is 2. The molecule has 0 aromatic heterocycles. The zero-order chi connectivity index (χ0) is 20.2. The largest absolute Gasteiger partial charge is 0.444 e. The second kappa shape index (κ2) is 8.93. The topological polar surface area (TPSA) is 87.7 Å². The number of hydrogen-bond acceptors (Lipinski definition) is 4. The van der Waals surface area contributed by atoms with Crippen LogP contribution >= 0.6 is 11.6 Å². The first-order chi connectivity index (χ1) is 12.5. The van der Waals surface area contributed by atoms with Crippen LogP contribution in [-0.4, -0.2) is 34.9 Å². The van der Waals surface area contributed by atoms with Crippen molar-refractivity contribution in [2.24, 2.45) is 0 Å². The first-order valence-electron chi connectivity index (χ1n) is 9.33. The Morgan fingerprint density at radius 1 is 1.22 bits per heavy atom. The molecule has 1 fully saturated rings. The van der Waals surface area contributed by atoms with Gasteiger partial charge in [0, 0.05) is 6.04 Å². The summed E-state index contributed by atoms with van der Waals surface area (Å²) in [6, 6.07) is 4.87. The fourth-order valence-electron chi connectivity index (χ4n) is 3.04. The quantitative estimate of drug-likeness (QED) is 0.718. The van der Waals surface area contributed by atoms with Crippen LogP contribution in [0.25, 0.3) is 0 Å². The Bertz CT molecular complexity index is 679. The molecule has 0 bridgehead atoms. The van der Waals surface area contributed by atoms with Gasteiger partial charge in [0.25, 0.3) is 5.91 Å². The molecule has 1 aliphatic rings. The second-order valence-corrected chi connectivity index (χ2v) is 8.49. The van der Waals surface area contributed by atoms with Crippen molar-refractivity contribution in [3.05, 3.63) is 34.3 Å². The van der Waals surface area contributed by atoms with Crippen LogP contribution in [0.1, 0.15) is 75.3 Å². The number of aliphatic hydroxyl groups is 1. The molecule has 2 rings (SSSR count). The van der Waals surface area contributed by atoms with Crippen molar-refractivity contribution in [3.8, 4) is 0 Å². The fraction of sp³-hybridized carbons (Fsp3) is 0.600. The number of benzene rings is 1. The third-order valence-electron chi connectivity index (χ3n) is 4.50. The highest BCUT2D eigenvalue weighted by Crippen LogP contribution is 2.24. The van der Waals surface area contributed by atoms with E-state index in [2.05, 4.69) is 10.6 Å². The van der Waals surface area contributed by atoms with Crippen LogP contribution < -0.4 is 10.6 Å². The van der Waals surface area contributed by atoms with Crippen LogP contribution in [0.5, 0.6) is 0 Å². The predicted molar refractivity (Wildman–Crippen MR) is 105 cm³/mol. The normalized spacial score (nSPS) is 21.3. The summed E-state index contributed by atoms with van der Waals surface area (Å²) in [4.78, 5) is 24.4. The minimum Gasteiger partial charge on any atom is -0.444 e. The van der Waals surface area contributed by atoms with Crippen LogP contribution in [0.2, 0.25) is 5.02 Å². The monoisotopic (exact) mass is 396 g/mol. The third kappa shape index (κ3) is 6.70. The maximum atomic E-state index is 12.5. The number of halogens is 1. The zero-order valence-electron chi connectivity index (χ0n) is 16.3. The lowest BCUT2D eigenvalue weighted by Gasteiger charge is -2.26. The SMILES string of the molecule is C[C@H](NC(=O)OC(C)(C)C)c1ccc(C(=O)N[C@H]2CC[C@H](O)CC2)c(Cl)c1. The number of alkyl carbamates (subject to hydrolysis) is 1. The van der Waals surface area contributed by atoms with Crippen molar-refractivity contribution < 1.29 is 19.4 Å². The number of nitrogens with one attached hydrogen (secondary N) is 2. The van der Waals surface area contributed by atoms with Crippen molar-refractivity contribution in [3.63, 3.8) is 0 Å². The maximum absolute atomic E-state index is 12.5. The Morgan fingerprint density at radius 2 is 1.85 bits per heavy atom. The van der Waals surface area contributed by atoms with E-state index in [0.29, 0.717) is 23.4 Å². The number of aliphatic hydroxyl groups excluding tert-OH is 1. The van der Waals surface area contributed by atoms with E-state index in [9.17, 15) is 14.7 Å². The molecule has 1 aromatic carbocycles. The van der Waals surface area contributed by atoms with Crippen LogP contribution in [0.3, 0.4) is 0 Å². The number of carbonyl (C=O) groups is 2. The Kier molecular flexibility index (Phi) is 7.12. The average Bonchev–Trinajstić information content (AvgIpc) is 2.54. The van der Waals surface area contributed by atoms with Gasteiger partial charge >= 0.3 is 6.09 Å². The molecule has 3 N–H and O–H groups in total. The van der Waals surface area contributed by atoms with E-state index in [0.717, 1.165) is 18.4 Å². The molecule has 150 valence electrons. The van der Waals surface area contributed by atoms with Crippen LogP contribution in [-0.2, 0) is 4.74 Å². The van der Waals surface area contributed by atoms with E-state index in [1.807, 2.05) is 6.92 Å². The Balaban J connectivity index is 1.97. The zero-order valence-corrected chi connectivity index (χ0v) is 17.1. The standard InChI is InChI=1S/C20H29ClN2O4/c1-12(22-19(26)27-20(2,3)4)13-5-10-16(17(21)11-13)18(25)23-14-6-8-15(24)9-7-14/h5,10-12,14-15,24H,6-9H2,1-4H3,(H,22,26)(H,23,25)/t12-,14-,15-/m0/s1. The summed E-state index contributed by atoms with van der Waals surface area (Å²) in [6.07, 6.45) is 2.16. The highest BCUT2D eigenvalue weighted by Gasteiger charge is 2.23. The van der Waals surface area contributed by atoms with Crippen molar-refractivity contribution >= 4 is 23.6 Å². The summed E-state index contributed by atoms with van der Waals surface area (Å²) in [7, 11) is 0.